The third-order valence-corrected chi connectivity index (χ3v) is 6.16. The highest BCUT2D eigenvalue weighted by atomic mass is 32.2. The van der Waals surface area contributed by atoms with E-state index in [1.807, 2.05) is 0 Å². The molecule has 0 saturated carbocycles. The van der Waals surface area contributed by atoms with E-state index in [1.54, 1.807) is 42.6 Å². The molecule has 10 heteroatoms. The van der Waals surface area contributed by atoms with Crippen molar-refractivity contribution in [2.75, 3.05) is 10.0 Å². The number of carbonyl (C=O) groups excluding carboxylic acids is 1. The summed E-state index contributed by atoms with van der Waals surface area (Å²) in [6, 6.07) is 9.11. The molecule has 0 fully saturated rings. The summed E-state index contributed by atoms with van der Waals surface area (Å²) in [4.78, 5) is 16.0. The summed E-state index contributed by atoms with van der Waals surface area (Å²) in [6.07, 6.45) is 2.82. The van der Waals surface area contributed by atoms with Gasteiger partial charge in [-0.2, -0.15) is 5.10 Å². The van der Waals surface area contributed by atoms with Gasteiger partial charge >= 0.3 is 0 Å². The van der Waals surface area contributed by atoms with Crippen LogP contribution in [-0.2, 0) is 14.8 Å². The number of nitrogens with zero attached hydrogens (tertiary/aromatic N) is 3. The number of thiophene rings is 1. The molecule has 0 aliphatic carbocycles. The van der Waals surface area contributed by atoms with Crippen LogP contribution < -0.4 is 10.0 Å². The Bertz CT molecular complexity index is 936. The summed E-state index contributed by atoms with van der Waals surface area (Å²) >= 11 is 1.14. The fourth-order valence-corrected chi connectivity index (χ4v) is 4.08. The molecule has 3 aromatic rings. The third kappa shape index (κ3) is 4.03. The summed E-state index contributed by atoms with van der Waals surface area (Å²) < 4.78 is 28.5. The molecule has 0 radical (unpaired) electrons. The lowest BCUT2D eigenvalue weighted by atomic mass is 10.2. The van der Waals surface area contributed by atoms with Crippen LogP contribution in [0.2, 0.25) is 0 Å². The zero-order valence-corrected chi connectivity index (χ0v) is 14.8. The Hall–Kier alpha value is -2.72. The van der Waals surface area contributed by atoms with Gasteiger partial charge in [-0.15, -0.1) is 11.3 Å². The van der Waals surface area contributed by atoms with E-state index in [-0.39, 0.29) is 10.1 Å². The minimum absolute atomic E-state index is 0.242. The molecule has 2 N–H and O–H groups in total. The van der Waals surface area contributed by atoms with Crippen LogP contribution in [0, 0.1) is 0 Å². The molecule has 3 rings (SSSR count). The number of hydrogen-bond donors (Lipinski definition) is 2. The van der Waals surface area contributed by atoms with Crippen LogP contribution in [0.3, 0.4) is 0 Å². The first-order chi connectivity index (χ1) is 12.0. The van der Waals surface area contributed by atoms with Crippen molar-refractivity contribution in [1.82, 2.24) is 14.8 Å². The zero-order valence-electron chi connectivity index (χ0n) is 13.2. The second kappa shape index (κ2) is 7.03. The molecule has 0 bridgehead atoms. The van der Waals surface area contributed by atoms with Gasteiger partial charge in [0.25, 0.3) is 10.0 Å². The van der Waals surface area contributed by atoms with Crippen LogP contribution in [-0.4, -0.2) is 29.1 Å². The molecule has 2 aromatic heterocycles. The van der Waals surface area contributed by atoms with Crippen molar-refractivity contribution in [2.24, 2.45) is 0 Å². The van der Waals surface area contributed by atoms with Gasteiger partial charge in [0.05, 0.1) is 0 Å². The van der Waals surface area contributed by atoms with Gasteiger partial charge in [0, 0.05) is 11.4 Å². The fourth-order valence-electron chi connectivity index (χ4n) is 2.03. The summed E-state index contributed by atoms with van der Waals surface area (Å²) in [5, 5.41) is 8.37. The number of aromatic nitrogens is 3. The zero-order chi connectivity index (χ0) is 17.9. The molecule has 8 nitrogen and oxygen atoms in total. The number of amides is 1. The lowest BCUT2D eigenvalue weighted by Gasteiger charge is -2.12. The van der Waals surface area contributed by atoms with Crippen molar-refractivity contribution in [1.29, 1.82) is 0 Å². The normalized spacial score (nSPS) is 12.5. The number of sulfonamides is 1. The van der Waals surface area contributed by atoms with E-state index >= 15 is 0 Å². The Morgan fingerprint density at radius 3 is 2.52 bits per heavy atom. The molecule has 1 aromatic carbocycles. The summed E-state index contributed by atoms with van der Waals surface area (Å²) in [5.74, 6) is -0.252. The van der Waals surface area contributed by atoms with Crippen LogP contribution in [0.25, 0.3) is 0 Å². The van der Waals surface area contributed by atoms with E-state index in [0.29, 0.717) is 11.4 Å². The van der Waals surface area contributed by atoms with E-state index in [4.69, 9.17) is 0 Å². The Labute approximate surface area is 148 Å². The fraction of sp³-hybridized carbons (Fsp3) is 0.133. The lowest BCUT2D eigenvalue weighted by Crippen LogP contribution is -2.24. The van der Waals surface area contributed by atoms with Crippen molar-refractivity contribution in [3.63, 3.8) is 0 Å². The van der Waals surface area contributed by atoms with Gasteiger partial charge in [-0.1, -0.05) is 6.07 Å². The molecule has 0 spiro atoms. The molecule has 25 heavy (non-hydrogen) atoms. The second-order valence-corrected chi connectivity index (χ2v) is 8.01. The monoisotopic (exact) mass is 377 g/mol. The molecule has 0 saturated heterocycles. The van der Waals surface area contributed by atoms with Gasteiger partial charge in [-0.25, -0.2) is 18.1 Å². The predicted molar refractivity (Wildman–Crippen MR) is 94.9 cm³/mol. The van der Waals surface area contributed by atoms with Crippen molar-refractivity contribution in [3.8, 4) is 0 Å². The molecule has 130 valence electrons. The smallest absolute Gasteiger partial charge is 0.271 e. The molecule has 0 unspecified atom stereocenters. The van der Waals surface area contributed by atoms with Crippen molar-refractivity contribution < 1.29 is 13.2 Å². The first-order valence-corrected chi connectivity index (χ1v) is 9.63. The largest absolute Gasteiger partial charge is 0.324 e. The minimum Gasteiger partial charge on any atom is -0.324 e. The molecule has 0 aliphatic heterocycles. The van der Waals surface area contributed by atoms with E-state index in [9.17, 15) is 13.2 Å². The summed E-state index contributed by atoms with van der Waals surface area (Å²) in [7, 11) is -3.59. The van der Waals surface area contributed by atoms with Crippen LogP contribution in [0.4, 0.5) is 11.4 Å². The third-order valence-electron chi connectivity index (χ3n) is 3.38. The number of anilines is 2. The van der Waals surface area contributed by atoms with Gasteiger partial charge in [0.1, 0.15) is 22.9 Å². The Morgan fingerprint density at radius 1 is 1.20 bits per heavy atom. The SMILES string of the molecule is C[C@H](C(=O)Nc1ccc(NS(=O)(=O)c2cccs2)cc1)n1cncn1. The quantitative estimate of drug-likeness (QED) is 0.686. The first-order valence-electron chi connectivity index (χ1n) is 7.27. The molecule has 0 aliphatic rings. The van der Waals surface area contributed by atoms with Crippen LogP contribution in [0.15, 0.2) is 58.6 Å². The molecular formula is C15H15N5O3S2. The van der Waals surface area contributed by atoms with Gasteiger partial charge in [-0.05, 0) is 42.6 Å². The minimum atomic E-state index is -3.59. The molecule has 1 amide bonds. The van der Waals surface area contributed by atoms with Crippen molar-refractivity contribution >= 4 is 38.6 Å². The van der Waals surface area contributed by atoms with Gasteiger partial charge in [-0.3, -0.25) is 9.52 Å². The highest BCUT2D eigenvalue weighted by Crippen LogP contribution is 2.21. The maximum Gasteiger partial charge on any atom is 0.271 e. The standard InChI is InChI=1S/C15H15N5O3S2/c1-11(20-10-16-9-17-20)15(21)18-12-4-6-13(7-5-12)19-25(22,23)14-3-2-8-24-14/h2-11,19H,1H3,(H,18,21)/t11-/m1/s1. The highest BCUT2D eigenvalue weighted by molar-refractivity contribution is 7.94. The molecule has 1 atom stereocenters. The Balaban J connectivity index is 1.65. The Morgan fingerprint density at radius 2 is 1.92 bits per heavy atom. The number of nitrogens with one attached hydrogen (secondary N) is 2. The van der Waals surface area contributed by atoms with E-state index in [0.717, 1.165) is 11.3 Å². The van der Waals surface area contributed by atoms with Crippen molar-refractivity contribution in [3.05, 3.63) is 54.4 Å². The number of rotatable bonds is 6. The summed E-state index contributed by atoms with van der Waals surface area (Å²) in [6.45, 7) is 1.70. The average molecular weight is 377 g/mol. The average Bonchev–Trinajstić information content (AvgIpc) is 3.29. The highest BCUT2D eigenvalue weighted by Gasteiger charge is 2.17. The lowest BCUT2D eigenvalue weighted by molar-refractivity contribution is -0.119. The molecule has 2 heterocycles. The van der Waals surface area contributed by atoms with Gasteiger partial charge in [0.2, 0.25) is 5.91 Å². The van der Waals surface area contributed by atoms with Crippen molar-refractivity contribution in [2.45, 2.75) is 17.2 Å². The van der Waals surface area contributed by atoms with E-state index in [2.05, 4.69) is 20.1 Å². The van der Waals surface area contributed by atoms with Crippen LogP contribution in [0.1, 0.15) is 13.0 Å². The van der Waals surface area contributed by atoms with Crippen LogP contribution >= 0.6 is 11.3 Å². The first kappa shape index (κ1) is 17.1. The number of benzene rings is 1. The molecular weight excluding hydrogens is 362 g/mol. The van der Waals surface area contributed by atoms with Crippen LogP contribution in [0.5, 0.6) is 0 Å². The van der Waals surface area contributed by atoms with E-state index < -0.39 is 16.1 Å². The van der Waals surface area contributed by atoms with Gasteiger partial charge in [0.15, 0.2) is 0 Å². The maximum absolute atomic E-state index is 12.2. The summed E-state index contributed by atoms with van der Waals surface area (Å²) in [5.41, 5.74) is 0.965. The van der Waals surface area contributed by atoms with E-state index in [1.165, 1.54) is 23.4 Å². The second-order valence-electron chi connectivity index (χ2n) is 5.16. The Kier molecular flexibility index (Phi) is 4.81. The van der Waals surface area contributed by atoms with Gasteiger partial charge < -0.3 is 5.32 Å². The maximum atomic E-state index is 12.2. The number of hydrogen-bond acceptors (Lipinski definition) is 6. The number of carbonyl (C=O) groups is 1. The predicted octanol–water partition coefficient (Wildman–Crippen LogP) is 2.34. The topological polar surface area (TPSA) is 106 Å².